The van der Waals surface area contributed by atoms with Crippen molar-refractivity contribution in [2.45, 2.75) is 13.1 Å². The number of halogens is 2. The normalized spacial score (nSPS) is 11.3. The minimum absolute atomic E-state index is 0. The van der Waals surface area contributed by atoms with Gasteiger partial charge in [-0.25, -0.2) is 4.98 Å². The summed E-state index contributed by atoms with van der Waals surface area (Å²) in [5.74, 6) is 1.46. The third-order valence-electron chi connectivity index (χ3n) is 3.76. The molecule has 3 heterocycles. The topological polar surface area (TPSA) is 58.6 Å². The first-order chi connectivity index (χ1) is 12.1. The summed E-state index contributed by atoms with van der Waals surface area (Å²) in [6.07, 6.45) is 3.73. The van der Waals surface area contributed by atoms with Crippen LogP contribution >= 0.6 is 51.2 Å². The molecule has 0 aliphatic carbocycles. The molecule has 0 aliphatic rings. The van der Waals surface area contributed by atoms with Gasteiger partial charge < -0.3 is 19.2 Å². The standard InChI is InChI=1S/C17H20BrN5OS.HI/c1-19-17(23(3)10-14-7-12(18)9-22(14)2)20-8-13-11-24-16(21-13)15-5-4-6-25-15;/h4-7,9,11H,8,10H2,1-3H3,(H,19,20);1H. The summed E-state index contributed by atoms with van der Waals surface area (Å²) >= 11 is 5.12. The predicted molar refractivity (Wildman–Crippen MR) is 120 cm³/mol. The lowest BCUT2D eigenvalue weighted by Gasteiger charge is -2.22. The van der Waals surface area contributed by atoms with E-state index in [-0.39, 0.29) is 24.0 Å². The van der Waals surface area contributed by atoms with Gasteiger partial charge in [0.15, 0.2) is 5.96 Å². The van der Waals surface area contributed by atoms with Gasteiger partial charge in [0.2, 0.25) is 5.89 Å². The molecule has 0 atom stereocenters. The summed E-state index contributed by atoms with van der Waals surface area (Å²) < 4.78 is 8.72. The number of nitrogens with zero attached hydrogens (tertiary/aromatic N) is 4. The molecule has 1 N–H and O–H groups in total. The molecule has 0 aliphatic heterocycles. The average Bonchev–Trinajstić information content (AvgIpc) is 3.30. The van der Waals surface area contributed by atoms with E-state index in [0.717, 1.165) is 27.5 Å². The van der Waals surface area contributed by atoms with Crippen LogP contribution in [0.25, 0.3) is 10.8 Å². The van der Waals surface area contributed by atoms with Gasteiger partial charge in [0, 0.05) is 37.5 Å². The Bertz CT molecular complexity index is 859. The molecular formula is C17H21BrIN5OS. The molecule has 0 saturated carbocycles. The molecule has 3 aromatic heterocycles. The summed E-state index contributed by atoms with van der Waals surface area (Å²) in [6, 6.07) is 6.09. The van der Waals surface area contributed by atoms with Crippen LogP contribution in [0.3, 0.4) is 0 Å². The Morgan fingerprint density at radius 3 is 2.92 bits per heavy atom. The van der Waals surface area contributed by atoms with Crippen LogP contribution in [-0.2, 0) is 20.1 Å². The van der Waals surface area contributed by atoms with E-state index in [1.54, 1.807) is 24.6 Å². The number of aliphatic imine (C=N–C) groups is 1. The SMILES string of the molecule is CN=C(NCc1coc(-c2cccs2)n1)N(C)Cc1cc(Br)cn1C.I. The van der Waals surface area contributed by atoms with Crippen molar-refractivity contribution in [1.29, 1.82) is 0 Å². The minimum Gasteiger partial charge on any atom is -0.443 e. The molecule has 3 rings (SSSR count). The average molecular weight is 550 g/mol. The minimum atomic E-state index is 0. The van der Waals surface area contributed by atoms with Crippen molar-refractivity contribution in [3.05, 3.63) is 51.9 Å². The lowest BCUT2D eigenvalue weighted by Crippen LogP contribution is -2.38. The summed E-state index contributed by atoms with van der Waals surface area (Å²) in [6.45, 7) is 1.31. The van der Waals surface area contributed by atoms with Crippen LogP contribution in [0.4, 0.5) is 0 Å². The van der Waals surface area contributed by atoms with E-state index < -0.39 is 0 Å². The van der Waals surface area contributed by atoms with Crippen LogP contribution in [0, 0.1) is 0 Å². The second-order valence-corrected chi connectivity index (χ2v) is 7.50. The smallest absolute Gasteiger partial charge is 0.236 e. The Morgan fingerprint density at radius 2 is 2.31 bits per heavy atom. The Kier molecular flexibility index (Phi) is 7.71. The molecule has 0 saturated heterocycles. The number of oxazole rings is 1. The zero-order valence-corrected chi connectivity index (χ0v) is 19.5. The molecule has 6 nitrogen and oxygen atoms in total. The van der Waals surface area contributed by atoms with Gasteiger partial charge in [-0.1, -0.05) is 6.07 Å². The number of aromatic nitrogens is 2. The van der Waals surface area contributed by atoms with Crippen molar-refractivity contribution >= 4 is 57.2 Å². The van der Waals surface area contributed by atoms with Crippen molar-refractivity contribution in [2.75, 3.05) is 14.1 Å². The maximum Gasteiger partial charge on any atom is 0.236 e. The Balaban J connectivity index is 0.00000243. The predicted octanol–water partition coefficient (Wildman–Crippen LogP) is 4.33. The lowest BCUT2D eigenvalue weighted by atomic mass is 10.4. The highest BCUT2D eigenvalue weighted by Gasteiger charge is 2.12. The van der Waals surface area contributed by atoms with Crippen molar-refractivity contribution < 1.29 is 4.42 Å². The number of hydrogen-bond acceptors (Lipinski definition) is 4. The molecule has 0 amide bonds. The largest absolute Gasteiger partial charge is 0.443 e. The molecule has 0 radical (unpaired) electrons. The van der Waals surface area contributed by atoms with Gasteiger partial charge in [-0.3, -0.25) is 4.99 Å². The van der Waals surface area contributed by atoms with E-state index in [1.165, 1.54) is 5.69 Å². The van der Waals surface area contributed by atoms with E-state index >= 15 is 0 Å². The van der Waals surface area contributed by atoms with Crippen LogP contribution in [0.2, 0.25) is 0 Å². The molecule has 0 aromatic carbocycles. The van der Waals surface area contributed by atoms with Crippen LogP contribution in [-0.4, -0.2) is 34.5 Å². The number of hydrogen-bond donors (Lipinski definition) is 1. The molecule has 140 valence electrons. The van der Waals surface area contributed by atoms with Crippen molar-refractivity contribution in [3.63, 3.8) is 0 Å². The van der Waals surface area contributed by atoms with E-state index in [0.29, 0.717) is 12.4 Å². The number of rotatable bonds is 5. The molecule has 3 aromatic rings. The summed E-state index contributed by atoms with van der Waals surface area (Å²) in [5.41, 5.74) is 2.04. The van der Waals surface area contributed by atoms with Crippen LogP contribution in [0.1, 0.15) is 11.4 Å². The highest BCUT2D eigenvalue weighted by atomic mass is 127. The number of thiophene rings is 1. The second-order valence-electron chi connectivity index (χ2n) is 5.64. The van der Waals surface area contributed by atoms with Crippen LogP contribution < -0.4 is 5.32 Å². The van der Waals surface area contributed by atoms with E-state index in [4.69, 9.17) is 4.42 Å². The van der Waals surface area contributed by atoms with E-state index in [1.807, 2.05) is 37.8 Å². The van der Waals surface area contributed by atoms with Gasteiger partial charge in [0.1, 0.15) is 6.26 Å². The van der Waals surface area contributed by atoms with Crippen LogP contribution in [0.5, 0.6) is 0 Å². The lowest BCUT2D eigenvalue weighted by molar-refractivity contribution is 0.461. The summed E-state index contributed by atoms with van der Waals surface area (Å²) in [7, 11) is 5.82. The molecule has 0 unspecified atom stereocenters. The third kappa shape index (κ3) is 5.10. The molecule has 0 spiro atoms. The zero-order chi connectivity index (χ0) is 17.8. The number of aryl methyl sites for hydroxylation is 1. The van der Waals surface area contributed by atoms with E-state index in [2.05, 4.69) is 46.8 Å². The van der Waals surface area contributed by atoms with Gasteiger partial charge in [-0.15, -0.1) is 35.3 Å². The molecular weight excluding hydrogens is 529 g/mol. The fourth-order valence-electron chi connectivity index (χ4n) is 2.50. The third-order valence-corrected chi connectivity index (χ3v) is 5.05. The highest BCUT2D eigenvalue weighted by Crippen LogP contribution is 2.23. The first-order valence-electron chi connectivity index (χ1n) is 7.77. The van der Waals surface area contributed by atoms with Gasteiger partial charge in [0.25, 0.3) is 0 Å². The van der Waals surface area contributed by atoms with Gasteiger partial charge in [-0.2, -0.15) is 0 Å². The van der Waals surface area contributed by atoms with Crippen LogP contribution in [0.15, 0.2) is 49.9 Å². The fourth-order valence-corrected chi connectivity index (χ4v) is 3.72. The van der Waals surface area contributed by atoms with E-state index in [9.17, 15) is 0 Å². The molecule has 0 bridgehead atoms. The van der Waals surface area contributed by atoms with Gasteiger partial charge in [0.05, 0.1) is 23.7 Å². The maximum atomic E-state index is 5.55. The molecule has 26 heavy (non-hydrogen) atoms. The van der Waals surface area contributed by atoms with Crippen molar-refractivity contribution in [3.8, 4) is 10.8 Å². The quantitative estimate of drug-likeness (QED) is 0.292. The Morgan fingerprint density at radius 1 is 1.50 bits per heavy atom. The first-order valence-corrected chi connectivity index (χ1v) is 9.45. The molecule has 0 fully saturated rings. The summed E-state index contributed by atoms with van der Waals surface area (Å²) in [4.78, 5) is 12.0. The Labute approximate surface area is 182 Å². The summed E-state index contributed by atoms with van der Waals surface area (Å²) in [5, 5.41) is 5.34. The fraction of sp³-hybridized carbons (Fsp3) is 0.294. The first kappa shape index (κ1) is 21.0. The Hall–Kier alpha value is -1.33. The van der Waals surface area contributed by atoms with Crippen molar-refractivity contribution in [1.82, 2.24) is 19.8 Å². The number of nitrogens with one attached hydrogen (secondary N) is 1. The van der Waals surface area contributed by atoms with Crippen molar-refractivity contribution in [2.24, 2.45) is 12.0 Å². The monoisotopic (exact) mass is 549 g/mol. The maximum absolute atomic E-state index is 5.55. The van der Waals surface area contributed by atoms with Gasteiger partial charge >= 0.3 is 0 Å². The number of guanidine groups is 1. The molecule has 9 heteroatoms. The highest BCUT2D eigenvalue weighted by molar-refractivity contribution is 14.0. The zero-order valence-electron chi connectivity index (χ0n) is 14.8. The van der Waals surface area contributed by atoms with Gasteiger partial charge in [-0.05, 0) is 33.4 Å². The second kappa shape index (κ2) is 9.56.